The normalized spacial score (nSPS) is 14.6. The number of carbonyl (C=O) groups excluding carboxylic acids is 2. The molecular formula is C20H31IN4O4. The molecule has 162 valence electrons. The number of esters is 1. The van der Waals surface area contributed by atoms with Crippen molar-refractivity contribution in [1.82, 2.24) is 15.5 Å². The van der Waals surface area contributed by atoms with E-state index in [9.17, 15) is 9.59 Å². The van der Waals surface area contributed by atoms with Gasteiger partial charge < -0.3 is 25.0 Å². The van der Waals surface area contributed by atoms with Crippen molar-refractivity contribution >= 4 is 41.8 Å². The molecule has 8 nitrogen and oxygen atoms in total. The summed E-state index contributed by atoms with van der Waals surface area (Å²) in [4.78, 5) is 30.3. The molecule has 0 bridgehead atoms. The predicted molar refractivity (Wildman–Crippen MR) is 123 cm³/mol. The van der Waals surface area contributed by atoms with Gasteiger partial charge in [0.05, 0.1) is 26.2 Å². The summed E-state index contributed by atoms with van der Waals surface area (Å²) in [5.74, 6) is 1.16. The van der Waals surface area contributed by atoms with Crippen molar-refractivity contribution in [2.75, 3.05) is 40.4 Å². The summed E-state index contributed by atoms with van der Waals surface area (Å²) < 4.78 is 10.2. The zero-order valence-corrected chi connectivity index (χ0v) is 19.6. The van der Waals surface area contributed by atoms with Crippen LogP contribution in [0, 0.1) is 5.92 Å². The van der Waals surface area contributed by atoms with Crippen molar-refractivity contribution in [1.29, 1.82) is 0 Å². The molecule has 0 saturated carbocycles. The first-order chi connectivity index (χ1) is 13.6. The van der Waals surface area contributed by atoms with E-state index in [0.717, 1.165) is 24.2 Å². The molecule has 0 spiro atoms. The lowest BCUT2D eigenvalue weighted by Crippen LogP contribution is -2.49. The number of amides is 1. The van der Waals surface area contributed by atoms with Gasteiger partial charge in [0.2, 0.25) is 5.91 Å². The molecule has 0 unspecified atom stereocenters. The Morgan fingerprint density at radius 3 is 2.38 bits per heavy atom. The fourth-order valence-electron chi connectivity index (χ4n) is 3.09. The first-order valence-electron chi connectivity index (χ1n) is 9.59. The van der Waals surface area contributed by atoms with Gasteiger partial charge in [-0.15, -0.1) is 24.0 Å². The van der Waals surface area contributed by atoms with Gasteiger partial charge in [-0.25, -0.2) is 0 Å². The van der Waals surface area contributed by atoms with Crippen LogP contribution in [0.3, 0.4) is 0 Å². The van der Waals surface area contributed by atoms with Crippen LogP contribution in [0.5, 0.6) is 5.75 Å². The van der Waals surface area contributed by atoms with Crippen LogP contribution in [0.1, 0.15) is 25.3 Å². The van der Waals surface area contributed by atoms with Crippen LogP contribution < -0.4 is 15.4 Å². The number of hydrogen-bond donors (Lipinski definition) is 2. The maximum Gasteiger partial charge on any atom is 0.309 e. The highest BCUT2D eigenvalue weighted by Crippen LogP contribution is 2.18. The average Bonchev–Trinajstić information content (AvgIpc) is 2.73. The number of aliphatic imine (C=N–C) groups is 1. The van der Waals surface area contributed by atoms with Gasteiger partial charge in [0, 0.05) is 26.7 Å². The molecule has 1 aromatic carbocycles. The highest BCUT2D eigenvalue weighted by Gasteiger charge is 2.27. The topological polar surface area (TPSA) is 92.3 Å². The molecule has 2 N–H and O–H groups in total. The fraction of sp³-hybridized carbons (Fsp3) is 0.550. The second-order valence-corrected chi connectivity index (χ2v) is 6.54. The second-order valence-electron chi connectivity index (χ2n) is 6.54. The molecule has 1 aromatic rings. The molecule has 1 amide bonds. The first kappa shape index (κ1) is 25.0. The summed E-state index contributed by atoms with van der Waals surface area (Å²) in [6.45, 7) is 4.23. The SMILES string of the molecule is CCOC(=O)C1CCN(C(=NC)NCC(=O)NCc2ccc(OC)cc2)CC1.I. The number of rotatable bonds is 7. The largest absolute Gasteiger partial charge is 0.497 e. The Morgan fingerprint density at radius 1 is 1.17 bits per heavy atom. The van der Waals surface area contributed by atoms with Gasteiger partial charge in [-0.3, -0.25) is 14.6 Å². The van der Waals surface area contributed by atoms with Gasteiger partial charge in [-0.2, -0.15) is 0 Å². The summed E-state index contributed by atoms with van der Waals surface area (Å²) >= 11 is 0. The van der Waals surface area contributed by atoms with Crippen molar-refractivity contribution < 1.29 is 19.1 Å². The average molecular weight is 518 g/mol. The van der Waals surface area contributed by atoms with E-state index in [1.807, 2.05) is 31.2 Å². The van der Waals surface area contributed by atoms with Crippen LogP contribution in [0.25, 0.3) is 0 Å². The van der Waals surface area contributed by atoms with Crippen molar-refractivity contribution in [3.8, 4) is 5.75 Å². The number of halogens is 1. The third kappa shape index (κ3) is 8.08. The second kappa shape index (κ2) is 13.2. The number of likely N-dealkylation sites (tertiary alicyclic amines) is 1. The minimum Gasteiger partial charge on any atom is -0.497 e. The van der Waals surface area contributed by atoms with Gasteiger partial charge in [-0.05, 0) is 37.5 Å². The van der Waals surface area contributed by atoms with Gasteiger partial charge >= 0.3 is 5.97 Å². The maximum absolute atomic E-state index is 12.1. The number of nitrogens with zero attached hydrogens (tertiary/aromatic N) is 2. The minimum absolute atomic E-state index is 0. The summed E-state index contributed by atoms with van der Waals surface area (Å²) in [7, 11) is 3.31. The van der Waals surface area contributed by atoms with E-state index >= 15 is 0 Å². The number of ether oxygens (including phenoxy) is 2. The third-order valence-electron chi connectivity index (χ3n) is 4.68. The highest BCUT2D eigenvalue weighted by atomic mass is 127. The molecule has 1 fully saturated rings. The van der Waals surface area contributed by atoms with E-state index < -0.39 is 0 Å². The lowest BCUT2D eigenvalue weighted by molar-refractivity contribution is -0.149. The smallest absolute Gasteiger partial charge is 0.309 e. The monoisotopic (exact) mass is 518 g/mol. The van der Waals surface area contributed by atoms with Gasteiger partial charge in [0.25, 0.3) is 0 Å². The highest BCUT2D eigenvalue weighted by molar-refractivity contribution is 14.0. The van der Waals surface area contributed by atoms with E-state index in [1.165, 1.54) is 0 Å². The van der Waals surface area contributed by atoms with Crippen LogP contribution in [-0.4, -0.2) is 63.1 Å². The summed E-state index contributed by atoms with van der Waals surface area (Å²) in [5.41, 5.74) is 1.000. The quantitative estimate of drug-likeness (QED) is 0.248. The van der Waals surface area contributed by atoms with Gasteiger partial charge in [0.15, 0.2) is 5.96 Å². The summed E-state index contributed by atoms with van der Waals surface area (Å²) in [6, 6.07) is 7.56. The molecule has 0 aliphatic carbocycles. The molecule has 1 aliphatic rings. The van der Waals surface area contributed by atoms with Crippen LogP contribution in [0.4, 0.5) is 0 Å². The number of hydrogen-bond acceptors (Lipinski definition) is 5. The third-order valence-corrected chi connectivity index (χ3v) is 4.68. The fourth-order valence-corrected chi connectivity index (χ4v) is 3.09. The summed E-state index contributed by atoms with van der Waals surface area (Å²) in [5, 5.41) is 5.97. The van der Waals surface area contributed by atoms with E-state index in [1.54, 1.807) is 14.2 Å². The van der Waals surface area contributed by atoms with Gasteiger partial charge in [0.1, 0.15) is 5.75 Å². The Morgan fingerprint density at radius 2 is 1.83 bits per heavy atom. The van der Waals surface area contributed by atoms with Crippen molar-refractivity contribution in [3.05, 3.63) is 29.8 Å². The molecule has 2 rings (SSSR count). The molecule has 1 aliphatic heterocycles. The van der Waals surface area contributed by atoms with Gasteiger partial charge in [-0.1, -0.05) is 12.1 Å². The Hall–Kier alpha value is -2.04. The maximum atomic E-state index is 12.1. The van der Waals surface area contributed by atoms with E-state index in [-0.39, 0.29) is 48.3 Å². The number of guanidine groups is 1. The zero-order chi connectivity index (χ0) is 20.4. The van der Waals surface area contributed by atoms with Crippen LogP contribution in [-0.2, 0) is 20.9 Å². The van der Waals surface area contributed by atoms with Crippen molar-refractivity contribution in [2.45, 2.75) is 26.3 Å². The number of benzene rings is 1. The molecule has 0 radical (unpaired) electrons. The standard InChI is InChI=1S/C20H30N4O4.HI/c1-4-28-19(26)16-9-11-24(12-10-16)20(21-2)23-14-18(25)22-13-15-5-7-17(27-3)8-6-15;/h5-8,16H,4,9-14H2,1-3H3,(H,21,23)(H,22,25);1H. The molecule has 1 saturated heterocycles. The summed E-state index contributed by atoms with van der Waals surface area (Å²) in [6.07, 6.45) is 1.45. The molecular weight excluding hydrogens is 487 g/mol. The van der Waals surface area contributed by atoms with E-state index in [2.05, 4.69) is 20.5 Å². The first-order valence-corrected chi connectivity index (χ1v) is 9.59. The Kier molecular flexibility index (Phi) is 11.4. The Bertz CT molecular complexity index is 674. The molecule has 0 aromatic heterocycles. The van der Waals surface area contributed by atoms with E-state index in [0.29, 0.717) is 32.2 Å². The predicted octanol–water partition coefficient (Wildman–Crippen LogP) is 1.78. The van der Waals surface area contributed by atoms with E-state index in [4.69, 9.17) is 9.47 Å². The molecule has 1 heterocycles. The van der Waals surface area contributed by atoms with Crippen LogP contribution >= 0.6 is 24.0 Å². The van der Waals surface area contributed by atoms with Crippen LogP contribution in [0.2, 0.25) is 0 Å². The van der Waals surface area contributed by atoms with Crippen molar-refractivity contribution in [2.24, 2.45) is 10.9 Å². The molecule has 9 heteroatoms. The lowest BCUT2D eigenvalue weighted by Gasteiger charge is -2.33. The number of methoxy groups -OCH3 is 1. The van der Waals surface area contributed by atoms with Crippen molar-refractivity contribution in [3.63, 3.8) is 0 Å². The Labute approximate surface area is 189 Å². The lowest BCUT2D eigenvalue weighted by atomic mass is 9.97. The Balaban J connectivity index is 0.00000420. The number of carbonyl (C=O) groups is 2. The van der Waals surface area contributed by atoms with Crippen LogP contribution in [0.15, 0.2) is 29.3 Å². The number of piperidine rings is 1. The molecule has 0 atom stereocenters. The number of nitrogens with one attached hydrogen (secondary N) is 2. The zero-order valence-electron chi connectivity index (χ0n) is 17.3. The molecule has 29 heavy (non-hydrogen) atoms. The minimum atomic E-state index is -0.122.